The summed E-state index contributed by atoms with van der Waals surface area (Å²) in [7, 11) is 1.67. The highest BCUT2D eigenvalue weighted by molar-refractivity contribution is 5.82. The Hall–Kier alpha value is -1.57. The molecule has 0 rings (SSSR count). The van der Waals surface area contributed by atoms with Crippen LogP contribution in [0.1, 0.15) is 34.1 Å². The van der Waals surface area contributed by atoms with E-state index in [2.05, 4.69) is 11.4 Å². The zero-order valence-corrected chi connectivity index (χ0v) is 11.9. The van der Waals surface area contributed by atoms with Gasteiger partial charge in [0.15, 0.2) is 0 Å². The van der Waals surface area contributed by atoms with Gasteiger partial charge >= 0.3 is 0 Å². The molecular formula is C13H23N3O2. The number of nitrogens with zero attached hydrogens (tertiary/aromatic N) is 2. The lowest BCUT2D eigenvalue weighted by Gasteiger charge is -2.20. The Morgan fingerprint density at radius 3 is 2.39 bits per heavy atom. The third-order valence-electron chi connectivity index (χ3n) is 2.50. The fourth-order valence-electron chi connectivity index (χ4n) is 1.29. The molecule has 0 radical (unpaired) electrons. The van der Waals surface area contributed by atoms with Crippen LogP contribution in [0.2, 0.25) is 0 Å². The van der Waals surface area contributed by atoms with Crippen LogP contribution in [0.4, 0.5) is 0 Å². The predicted octanol–water partition coefficient (Wildman–Crippen LogP) is 1.16. The van der Waals surface area contributed by atoms with Crippen molar-refractivity contribution in [3.63, 3.8) is 0 Å². The first-order valence-corrected chi connectivity index (χ1v) is 6.10. The Kier molecular flexibility index (Phi) is 6.39. The molecule has 0 bridgehead atoms. The van der Waals surface area contributed by atoms with Crippen molar-refractivity contribution in [3.05, 3.63) is 0 Å². The fraction of sp³-hybridized carbons (Fsp3) is 0.769. The van der Waals surface area contributed by atoms with Crippen molar-refractivity contribution < 1.29 is 9.59 Å². The number of hydrogen-bond donors (Lipinski definition) is 1. The molecule has 0 aliphatic rings. The van der Waals surface area contributed by atoms with Crippen molar-refractivity contribution in [1.29, 1.82) is 5.26 Å². The molecule has 2 amide bonds. The molecule has 1 atom stereocenters. The van der Waals surface area contributed by atoms with Crippen LogP contribution in [0.3, 0.4) is 0 Å². The molecule has 0 aromatic carbocycles. The van der Waals surface area contributed by atoms with Gasteiger partial charge in [-0.1, -0.05) is 20.8 Å². The Morgan fingerprint density at radius 2 is 1.94 bits per heavy atom. The summed E-state index contributed by atoms with van der Waals surface area (Å²) in [6.07, 6.45) is 0.260. The molecule has 102 valence electrons. The highest BCUT2D eigenvalue weighted by Crippen LogP contribution is 2.12. The number of carbonyl (C=O) groups is 2. The highest BCUT2D eigenvalue weighted by Gasteiger charge is 2.21. The van der Waals surface area contributed by atoms with E-state index in [1.54, 1.807) is 14.0 Å². The van der Waals surface area contributed by atoms with E-state index in [1.165, 1.54) is 4.90 Å². The van der Waals surface area contributed by atoms with Crippen LogP contribution in [0, 0.1) is 22.7 Å². The molecule has 0 aliphatic carbocycles. The zero-order valence-electron chi connectivity index (χ0n) is 11.9. The first-order chi connectivity index (χ1) is 8.18. The fourth-order valence-corrected chi connectivity index (χ4v) is 1.29. The van der Waals surface area contributed by atoms with Gasteiger partial charge in [-0.15, -0.1) is 0 Å². The number of nitrogens with one attached hydrogen (secondary N) is 1. The Morgan fingerprint density at radius 1 is 1.39 bits per heavy atom. The molecule has 0 aliphatic heterocycles. The summed E-state index contributed by atoms with van der Waals surface area (Å²) in [6, 6.07) is 2.08. The molecule has 0 unspecified atom stereocenters. The van der Waals surface area contributed by atoms with E-state index >= 15 is 0 Å². The van der Waals surface area contributed by atoms with E-state index in [-0.39, 0.29) is 24.2 Å². The van der Waals surface area contributed by atoms with Crippen LogP contribution >= 0.6 is 0 Å². The van der Waals surface area contributed by atoms with Gasteiger partial charge in [-0.3, -0.25) is 9.59 Å². The number of amides is 2. The van der Waals surface area contributed by atoms with Gasteiger partial charge in [0, 0.05) is 32.0 Å². The molecule has 0 aromatic rings. The minimum Gasteiger partial charge on any atom is -0.355 e. The van der Waals surface area contributed by atoms with E-state index in [4.69, 9.17) is 5.26 Å². The summed E-state index contributed by atoms with van der Waals surface area (Å²) in [4.78, 5) is 24.8. The molecule has 5 heteroatoms. The monoisotopic (exact) mass is 253 g/mol. The number of rotatable bonds is 5. The smallest absolute Gasteiger partial charge is 0.225 e. The maximum Gasteiger partial charge on any atom is 0.225 e. The molecule has 5 nitrogen and oxygen atoms in total. The van der Waals surface area contributed by atoms with Gasteiger partial charge in [-0.2, -0.15) is 5.26 Å². The van der Waals surface area contributed by atoms with Gasteiger partial charge in [0.2, 0.25) is 11.8 Å². The van der Waals surface area contributed by atoms with Crippen molar-refractivity contribution in [2.45, 2.75) is 34.1 Å². The Balaban J connectivity index is 3.98. The first kappa shape index (κ1) is 16.4. The van der Waals surface area contributed by atoms with Crippen molar-refractivity contribution in [3.8, 4) is 6.07 Å². The van der Waals surface area contributed by atoms with Crippen LogP contribution in [0.15, 0.2) is 0 Å². The third kappa shape index (κ3) is 6.24. The normalized spacial score (nSPS) is 12.4. The summed E-state index contributed by atoms with van der Waals surface area (Å²) in [5, 5.41) is 11.4. The SMILES string of the molecule is C[C@@H](C#N)CN(C)C(=O)CCNC(=O)C(C)(C)C. The van der Waals surface area contributed by atoms with Gasteiger partial charge in [0.25, 0.3) is 0 Å². The topological polar surface area (TPSA) is 73.2 Å². The molecule has 0 saturated carbocycles. The Bertz CT molecular complexity index is 339. The van der Waals surface area contributed by atoms with E-state index in [0.29, 0.717) is 13.1 Å². The molecule has 0 saturated heterocycles. The molecule has 1 N–H and O–H groups in total. The van der Waals surface area contributed by atoms with E-state index in [0.717, 1.165) is 0 Å². The second-order valence-electron chi connectivity index (χ2n) is 5.56. The standard InChI is InChI=1S/C13H23N3O2/c1-10(8-14)9-16(5)11(17)6-7-15-12(18)13(2,3)4/h10H,6-7,9H2,1-5H3,(H,15,18)/t10-/m0/s1. The first-order valence-electron chi connectivity index (χ1n) is 6.10. The van der Waals surface area contributed by atoms with E-state index in [1.807, 2.05) is 20.8 Å². The lowest BCUT2D eigenvalue weighted by atomic mass is 9.96. The van der Waals surface area contributed by atoms with Crippen LogP contribution in [0.25, 0.3) is 0 Å². The van der Waals surface area contributed by atoms with Gasteiger partial charge in [0.1, 0.15) is 0 Å². The van der Waals surface area contributed by atoms with Crippen LogP contribution in [-0.2, 0) is 9.59 Å². The second-order valence-corrected chi connectivity index (χ2v) is 5.56. The van der Waals surface area contributed by atoms with Crippen LogP contribution in [0.5, 0.6) is 0 Å². The van der Waals surface area contributed by atoms with Gasteiger partial charge in [-0.25, -0.2) is 0 Å². The maximum atomic E-state index is 11.7. The minimum atomic E-state index is -0.440. The zero-order chi connectivity index (χ0) is 14.3. The average molecular weight is 253 g/mol. The number of nitriles is 1. The number of carbonyl (C=O) groups excluding carboxylic acids is 2. The summed E-state index contributed by atoms with van der Waals surface area (Å²) in [6.45, 7) is 7.99. The van der Waals surface area contributed by atoms with Crippen molar-refractivity contribution in [1.82, 2.24) is 10.2 Å². The summed E-state index contributed by atoms with van der Waals surface area (Å²) < 4.78 is 0. The minimum absolute atomic E-state index is 0.0636. The van der Waals surface area contributed by atoms with Crippen molar-refractivity contribution >= 4 is 11.8 Å². The quantitative estimate of drug-likeness (QED) is 0.799. The van der Waals surface area contributed by atoms with Crippen molar-refractivity contribution in [2.75, 3.05) is 20.1 Å². The largest absolute Gasteiger partial charge is 0.355 e. The molecule has 0 fully saturated rings. The van der Waals surface area contributed by atoms with Crippen molar-refractivity contribution in [2.24, 2.45) is 11.3 Å². The second kappa shape index (κ2) is 7.00. The molecule has 0 heterocycles. The lowest BCUT2D eigenvalue weighted by molar-refractivity contribution is -0.131. The Labute approximate surface area is 109 Å². The number of hydrogen-bond acceptors (Lipinski definition) is 3. The molecule has 0 aromatic heterocycles. The highest BCUT2D eigenvalue weighted by atomic mass is 16.2. The summed E-state index contributed by atoms with van der Waals surface area (Å²) >= 11 is 0. The van der Waals surface area contributed by atoms with E-state index < -0.39 is 5.41 Å². The van der Waals surface area contributed by atoms with Gasteiger partial charge in [-0.05, 0) is 6.92 Å². The maximum absolute atomic E-state index is 11.7. The third-order valence-corrected chi connectivity index (χ3v) is 2.50. The van der Waals surface area contributed by atoms with Crippen LogP contribution < -0.4 is 5.32 Å². The summed E-state index contributed by atoms with van der Waals surface area (Å²) in [5.41, 5.74) is -0.440. The lowest BCUT2D eigenvalue weighted by Crippen LogP contribution is -2.38. The van der Waals surface area contributed by atoms with Gasteiger partial charge in [0.05, 0.1) is 12.0 Å². The average Bonchev–Trinajstić information content (AvgIpc) is 2.26. The molecule has 0 spiro atoms. The predicted molar refractivity (Wildman–Crippen MR) is 69.5 cm³/mol. The van der Waals surface area contributed by atoms with Gasteiger partial charge < -0.3 is 10.2 Å². The summed E-state index contributed by atoms with van der Waals surface area (Å²) in [5.74, 6) is -0.308. The molecule has 18 heavy (non-hydrogen) atoms. The molecular weight excluding hydrogens is 230 g/mol. The van der Waals surface area contributed by atoms with Crippen LogP contribution in [-0.4, -0.2) is 36.9 Å². The van der Waals surface area contributed by atoms with E-state index in [9.17, 15) is 9.59 Å².